The molecule has 0 bridgehead atoms. The van der Waals surface area contributed by atoms with Crippen LogP contribution in [0.1, 0.15) is 117 Å². The summed E-state index contributed by atoms with van der Waals surface area (Å²) >= 11 is 0. The fourth-order valence-corrected chi connectivity index (χ4v) is 6.84. The van der Waals surface area contributed by atoms with Crippen molar-refractivity contribution in [2.45, 2.75) is 123 Å². The molecule has 2 N–H and O–H groups in total. The summed E-state index contributed by atoms with van der Waals surface area (Å²) in [6, 6.07) is 0.227. The zero-order chi connectivity index (χ0) is 21.6. The monoisotopic (exact) mass is 418 g/mol. The van der Waals surface area contributed by atoms with E-state index >= 15 is 0 Å². The van der Waals surface area contributed by atoms with Crippen LogP contribution in [0.4, 0.5) is 0 Å². The van der Waals surface area contributed by atoms with Crippen LogP contribution in [-0.4, -0.2) is 24.4 Å². The van der Waals surface area contributed by atoms with Gasteiger partial charge in [0.15, 0.2) is 0 Å². The highest BCUT2D eigenvalue weighted by Crippen LogP contribution is 2.46. The minimum absolute atomic E-state index is 0.0498. The summed E-state index contributed by atoms with van der Waals surface area (Å²) in [6.07, 6.45) is 17.1. The van der Waals surface area contributed by atoms with E-state index in [1.807, 2.05) is 0 Å². The minimum Gasteiger partial charge on any atom is -0.356 e. The predicted molar refractivity (Wildman–Crippen MR) is 123 cm³/mol. The van der Waals surface area contributed by atoms with Gasteiger partial charge in [0.25, 0.3) is 0 Å². The van der Waals surface area contributed by atoms with Gasteiger partial charge >= 0.3 is 0 Å². The van der Waals surface area contributed by atoms with Gasteiger partial charge in [-0.15, -0.1) is 0 Å². The molecule has 3 rings (SSSR count). The first-order valence-corrected chi connectivity index (χ1v) is 12.8. The summed E-state index contributed by atoms with van der Waals surface area (Å²) < 4.78 is 0. The van der Waals surface area contributed by atoms with Crippen LogP contribution in [0.25, 0.3) is 0 Å². The van der Waals surface area contributed by atoms with E-state index in [4.69, 9.17) is 0 Å². The molecule has 0 aromatic heterocycles. The van der Waals surface area contributed by atoms with E-state index in [0.717, 1.165) is 50.5 Å². The molecule has 4 heteroatoms. The standard InChI is InChI=1S/C26H46N2O2/c1-25(2)16-22(28-24(30)15-13-21-10-6-7-11-21)17-26(3,18-25)19-27-23(29)14-12-20-8-4-5-9-20/h20-22H,4-19H2,1-3H3,(H,27,29)(H,28,30). The number of nitrogens with one attached hydrogen (secondary N) is 2. The van der Waals surface area contributed by atoms with E-state index in [0.29, 0.717) is 12.8 Å². The fraction of sp³-hybridized carbons (Fsp3) is 0.923. The second-order valence-electron chi connectivity index (χ2n) is 12.0. The van der Waals surface area contributed by atoms with E-state index in [-0.39, 0.29) is 28.7 Å². The summed E-state index contributed by atoms with van der Waals surface area (Å²) in [5, 5.41) is 6.59. The first-order chi connectivity index (χ1) is 14.2. The highest BCUT2D eigenvalue weighted by atomic mass is 16.2. The van der Waals surface area contributed by atoms with Crippen LogP contribution in [0.3, 0.4) is 0 Å². The second kappa shape index (κ2) is 10.5. The van der Waals surface area contributed by atoms with Crippen molar-refractivity contribution in [2.75, 3.05) is 6.54 Å². The van der Waals surface area contributed by atoms with Crippen molar-refractivity contribution in [3.8, 4) is 0 Å². The summed E-state index contributed by atoms with van der Waals surface area (Å²) in [4.78, 5) is 25.0. The van der Waals surface area contributed by atoms with Gasteiger partial charge in [-0.25, -0.2) is 0 Å². The molecular formula is C26H46N2O2. The quantitative estimate of drug-likeness (QED) is 0.501. The van der Waals surface area contributed by atoms with Crippen LogP contribution in [0.15, 0.2) is 0 Å². The van der Waals surface area contributed by atoms with Crippen LogP contribution in [0.5, 0.6) is 0 Å². The molecule has 0 aromatic carbocycles. The van der Waals surface area contributed by atoms with E-state index < -0.39 is 0 Å². The Kier molecular flexibility index (Phi) is 8.26. The molecule has 0 spiro atoms. The average Bonchev–Trinajstić information content (AvgIpc) is 3.35. The van der Waals surface area contributed by atoms with Crippen LogP contribution >= 0.6 is 0 Å². The Hall–Kier alpha value is -1.06. The fourth-order valence-electron chi connectivity index (χ4n) is 6.84. The Morgan fingerprint density at radius 2 is 1.33 bits per heavy atom. The van der Waals surface area contributed by atoms with E-state index in [2.05, 4.69) is 31.4 Å². The zero-order valence-corrected chi connectivity index (χ0v) is 19.9. The highest BCUT2D eigenvalue weighted by Gasteiger charge is 2.41. The topological polar surface area (TPSA) is 58.2 Å². The smallest absolute Gasteiger partial charge is 0.220 e. The SMILES string of the molecule is CC1(C)CC(NC(=O)CCC2CCCC2)CC(C)(CNC(=O)CCC2CCCC2)C1. The normalized spacial score (nSPS) is 29.8. The summed E-state index contributed by atoms with van der Waals surface area (Å²) in [5.41, 5.74) is 0.235. The van der Waals surface area contributed by atoms with Gasteiger partial charge < -0.3 is 10.6 Å². The molecule has 172 valence electrons. The summed E-state index contributed by atoms with van der Waals surface area (Å²) in [7, 11) is 0. The Morgan fingerprint density at radius 3 is 1.90 bits per heavy atom. The molecule has 0 aromatic rings. The lowest BCUT2D eigenvalue weighted by atomic mass is 9.62. The van der Waals surface area contributed by atoms with Gasteiger partial charge in [0.2, 0.25) is 11.8 Å². The largest absolute Gasteiger partial charge is 0.356 e. The maximum Gasteiger partial charge on any atom is 0.220 e. The van der Waals surface area contributed by atoms with Crippen LogP contribution in [-0.2, 0) is 9.59 Å². The molecule has 0 saturated heterocycles. The Morgan fingerprint density at radius 1 is 0.800 bits per heavy atom. The third-order valence-corrected chi connectivity index (χ3v) is 8.03. The van der Waals surface area contributed by atoms with Crippen molar-refractivity contribution >= 4 is 11.8 Å². The first-order valence-electron chi connectivity index (χ1n) is 12.8. The van der Waals surface area contributed by atoms with E-state index in [1.165, 1.54) is 51.4 Å². The molecule has 2 amide bonds. The Labute approximate surface area is 184 Å². The molecule has 0 aliphatic heterocycles. The zero-order valence-electron chi connectivity index (χ0n) is 19.9. The Bertz CT molecular complexity index is 576. The van der Waals surface area contributed by atoms with Crippen molar-refractivity contribution in [3.05, 3.63) is 0 Å². The molecule has 3 aliphatic rings. The number of carbonyl (C=O) groups excluding carboxylic acids is 2. The molecule has 2 unspecified atom stereocenters. The van der Waals surface area contributed by atoms with Gasteiger partial charge in [-0.1, -0.05) is 72.1 Å². The molecule has 4 nitrogen and oxygen atoms in total. The predicted octanol–water partition coefficient (Wildman–Crippen LogP) is 5.74. The maximum atomic E-state index is 12.6. The van der Waals surface area contributed by atoms with E-state index in [9.17, 15) is 9.59 Å². The molecule has 3 aliphatic carbocycles. The van der Waals surface area contributed by atoms with Gasteiger partial charge in [-0.3, -0.25) is 9.59 Å². The number of rotatable bonds is 9. The van der Waals surface area contributed by atoms with Crippen LogP contribution in [0, 0.1) is 22.7 Å². The second-order valence-corrected chi connectivity index (χ2v) is 12.0. The molecule has 2 atom stereocenters. The third-order valence-electron chi connectivity index (χ3n) is 8.03. The van der Waals surface area contributed by atoms with Crippen molar-refractivity contribution in [1.82, 2.24) is 10.6 Å². The van der Waals surface area contributed by atoms with Crippen molar-refractivity contribution in [1.29, 1.82) is 0 Å². The number of carbonyl (C=O) groups is 2. The molecule has 3 fully saturated rings. The van der Waals surface area contributed by atoms with Crippen molar-refractivity contribution in [3.63, 3.8) is 0 Å². The lowest BCUT2D eigenvalue weighted by Crippen LogP contribution is -2.50. The van der Waals surface area contributed by atoms with Crippen LogP contribution in [0.2, 0.25) is 0 Å². The van der Waals surface area contributed by atoms with Crippen LogP contribution < -0.4 is 10.6 Å². The van der Waals surface area contributed by atoms with Gasteiger partial charge in [0.1, 0.15) is 0 Å². The Balaban J connectivity index is 1.43. The minimum atomic E-state index is 0.0498. The molecule has 0 radical (unpaired) electrons. The van der Waals surface area contributed by atoms with Gasteiger partial charge in [0.05, 0.1) is 0 Å². The van der Waals surface area contributed by atoms with Gasteiger partial charge in [0, 0.05) is 25.4 Å². The molecule has 3 saturated carbocycles. The lowest BCUT2D eigenvalue weighted by Gasteiger charge is -2.47. The maximum absolute atomic E-state index is 12.6. The molecular weight excluding hydrogens is 372 g/mol. The number of hydrogen-bond donors (Lipinski definition) is 2. The average molecular weight is 419 g/mol. The number of amides is 2. The third kappa shape index (κ3) is 7.57. The molecule has 0 heterocycles. The summed E-state index contributed by atoms with van der Waals surface area (Å²) in [5.74, 6) is 1.98. The summed E-state index contributed by atoms with van der Waals surface area (Å²) in [6.45, 7) is 7.64. The lowest BCUT2D eigenvalue weighted by molar-refractivity contribution is -0.124. The highest BCUT2D eigenvalue weighted by molar-refractivity contribution is 5.76. The van der Waals surface area contributed by atoms with E-state index in [1.54, 1.807) is 0 Å². The number of hydrogen-bond acceptors (Lipinski definition) is 2. The van der Waals surface area contributed by atoms with Crippen molar-refractivity contribution < 1.29 is 9.59 Å². The molecule has 30 heavy (non-hydrogen) atoms. The first kappa shape index (κ1) is 23.6. The van der Waals surface area contributed by atoms with Gasteiger partial charge in [-0.2, -0.15) is 0 Å². The van der Waals surface area contributed by atoms with Gasteiger partial charge in [-0.05, 0) is 54.8 Å². The van der Waals surface area contributed by atoms with Crippen molar-refractivity contribution in [2.24, 2.45) is 22.7 Å².